The fraction of sp³-hybridized carbons (Fsp3) is 0.240. The molecule has 0 unspecified atom stereocenters. The highest BCUT2D eigenvalue weighted by Gasteiger charge is 2.22. The number of nitrogens with zero attached hydrogens (tertiary/aromatic N) is 1. The van der Waals surface area contributed by atoms with Gasteiger partial charge >= 0.3 is 0 Å². The Morgan fingerprint density at radius 3 is 2.41 bits per heavy atom. The third-order valence-electron chi connectivity index (χ3n) is 5.64. The first-order valence-electron chi connectivity index (χ1n) is 10.2. The predicted octanol–water partition coefficient (Wildman–Crippen LogP) is 5.57. The number of benzene rings is 3. The average Bonchev–Trinajstić information content (AvgIpc) is 2.75. The number of rotatable bonds is 4. The number of piperidine rings is 1. The average molecular weight is 386 g/mol. The highest BCUT2D eigenvalue weighted by Crippen LogP contribution is 2.33. The normalized spacial score (nSPS) is 16.4. The Balaban J connectivity index is 1.56. The molecule has 1 amide bonds. The van der Waals surface area contributed by atoms with Gasteiger partial charge in [0, 0.05) is 23.8 Å². The summed E-state index contributed by atoms with van der Waals surface area (Å²) in [4.78, 5) is 15.3. The van der Waals surface area contributed by atoms with Crippen LogP contribution in [0.15, 0.2) is 72.8 Å². The maximum absolute atomic E-state index is 12.9. The first kappa shape index (κ1) is 19.1. The summed E-state index contributed by atoms with van der Waals surface area (Å²) in [6, 6.07) is 24.1. The Bertz CT molecular complexity index is 983. The SMILES string of the molecule is C[C@H]1CCCCN1c1ccc(N)cc1NC(=O)c1ccc(-c2ccccc2)cc1. The molecule has 1 heterocycles. The summed E-state index contributed by atoms with van der Waals surface area (Å²) in [5.74, 6) is -0.124. The van der Waals surface area contributed by atoms with E-state index < -0.39 is 0 Å². The topological polar surface area (TPSA) is 58.4 Å². The van der Waals surface area contributed by atoms with Crippen LogP contribution in [-0.2, 0) is 0 Å². The number of carbonyl (C=O) groups excluding carboxylic acids is 1. The van der Waals surface area contributed by atoms with Crippen LogP contribution in [0, 0.1) is 0 Å². The number of hydrogen-bond acceptors (Lipinski definition) is 3. The third-order valence-corrected chi connectivity index (χ3v) is 5.64. The molecule has 0 aromatic heterocycles. The van der Waals surface area contributed by atoms with Crippen LogP contribution in [0.3, 0.4) is 0 Å². The van der Waals surface area contributed by atoms with Gasteiger partial charge in [-0.3, -0.25) is 4.79 Å². The number of hydrogen-bond donors (Lipinski definition) is 2. The Labute approximate surface area is 172 Å². The van der Waals surface area contributed by atoms with E-state index in [1.165, 1.54) is 19.3 Å². The van der Waals surface area contributed by atoms with Crippen LogP contribution in [0.25, 0.3) is 11.1 Å². The monoisotopic (exact) mass is 385 g/mol. The molecule has 4 rings (SSSR count). The Kier molecular flexibility index (Phi) is 5.52. The van der Waals surface area contributed by atoms with Crippen LogP contribution in [0.4, 0.5) is 17.1 Å². The molecule has 1 fully saturated rings. The number of nitrogen functional groups attached to an aromatic ring is 1. The van der Waals surface area contributed by atoms with E-state index in [9.17, 15) is 4.79 Å². The molecular formula is C25H27N3O. The highest BCUT2D eigenvalue weighted by molar-refractivity contribution is 6.06. The predicted molar refractivity (Wildman–Crippen MR) is 121 cm³/mol. The summed E-state index contributed by atoms with van der Waals surface area (Å²) in [5.41, 5.74) is 11.3. The number of nitrogens with one attached hydrogen (secondary N) is 1. The van der Waals surface area contributed by atoms with Crippen molar-refractivity contribution in [2.45, 2.75) is 32.2 Å². The molecule has 3 aromatic carbocycles. The van der Waals surface area contributed by atoms with E-state index in [0.29, 0.717) is 17.3 Å². The molecule has 0 saturated carbocycles. The van der Waals surface area contributed by atoms with Crippen molar-refractivity contribution in [2.75, 3.05) is 22.5 Å². The van der Waals surface area contributed by atoms with E-state index in [-0.39, 0.29) is 5.91 Å². The molecule has 1 aliphatic heterocycles. The lowest BCUT2D eigenvalue weighted by Gasteiger charge is -2.36. The molecule has 1 aliphatic rings. The standard InChI is InChI=1S/C25H27N3O/c1-18-7-5-6-16-28(18)24-15-14-22(26)17-23(24)27-25(29)21-12-10-20(11-13-21)19-8-3-2-4-9-19/h2-4,8-15,17-18H,5-7,16,26H2,1H3,(H,27,29)/t18-/m0/s1. The number of carbonyl (C=O) groups is 1. The van der Waals surface area contributed by atoms with E-state index in [0.717, 1.165) is 29.0 Å². The van der Waals surface area contributed by atoms with E-state index in [1.807, 2.05) is 60.7 Å². The molecule has 0 spiro atoms. The minimum atomic E-state index is -0.124. The highest BCUT2D eigenvalue weighted by atomic mass is 16.1. The Hall–Kier alpha value is -3.27. The van der Waals surface area contributed by atoms with Gasteiger partial charge in [0.05, 0.1) is 11.4 Å². The maximum Gasteiger partial charge on any atom is 0.255 e. The third kappa shape index (κ3) is 4.27. The van der Waals surface area contributed by atoms with Crippen molar-refractivity contribution in [2.24, 2.45) is 0 Å². The molecular weight excluding hydrogens is 358 g/mol. The van der Waals surface area contributed by atoms with Crippen LogP contribution in [0.2, 0.25) is 0 Å². The van der Waals surface area contributed by atoms with Gasteiger partial charge in [-0.1, -0.05) is 42.5 Å². The number of nitrogens with two attached hydrogens (primary N) is 1. The summed E-state index contributed by atoms with van der Waals surface area (Å²) in [7, 11) is 0. The number of anilines is 3. The van der Waals surface area contributed by atoms with E-state index >= 15 is 0 Å². The second kappa shape index (κ2) is 8.39. The van der Waals surface area contributed by atoms with Crippen molar-refractivity contribution in [3.63, 3.8) is 0 Å². The quantitative estimate of drug-likeness (QED) is 0.578. The van der Waals surface area contributed by atoms with Crippen LogP contribution >= 0.6 is 0 Å². The van der Waals surface area contributed by atoms with Gasteiger partial charge in [-0.15, -0.1) is 0 Å². The summed E-state index contributed by atoms with van der Waals surface area (Å²) in [5, 5.41) is 3.08. The molecule has 0 radical (unpaired) electrons. The van der Waals surface area contributed by atoms with Gasteiger partial charge < -0.3 is 16.0 Å². The zero-order valence-corrected chi connectivity index (χ0v) is 16.8. The maximum atomic E-state index is 12.9. The summed E-state index contributed by atoms with van der Waals surface area (Å²) >= 11 is 0. The Morgan fingerprint density at radius 1 is 0.966 bits per heavy atom. The van der Waals surface area contributed by atoms with Gasteiger partial charge in [-0.2, -0.15) is 0 Å². The molecule has 1 saturated heterocycles. The van der Waals surface area contributed by atoms with Crippen molar-refractivity contribution < 1.29 is 4.79 Å². The van der Waals surface area contributed by atoms with Crippen LogP contribution in [-0.4, -0.2) is 18.5 Å². The second-order valence-corrected chi connectivity index (χ2v) is 7.71. The number of amides is 1. The van der Waals surface area contributed by atoms with Crippen LogP contribution < -0.4 is 16.0 Å². The molecule has 4 nitrogen and oxygen atoms in total. The van der Waals surface area contributed by atoms with Gasteiger partial charge in [0.2, 0.25) is 0 Å². The smallest absolute Gasteiger partial charge is 0.255 e. The van der Waals surface area contributed by atoms with Gasteiger partial charge in [0.1, 0.15) is 0 Å². The van der Waals surface area contributed by atoms with Crippen molar-refractivity contribution in [1.29, 1.82) is 0 Å². The lowest BCUT2D eigenvalue weighted by molar-refractivity contribution is 0.102. The van der Waals surface area contributed by atoms with Crippen LogP contribution in [0.5, 0.6) is 0 Å². The minimum Gasteiger partial charge on any atom is -0.399 e. The van der Waals surface area contributed by atoms with Gasteiger partial charge in [0.15, 0.2) is 0 Å². The van der Waals surface area contributed by atoms with Gasteiger partial charge in [-0.25, -0.2) is 0 Å². The fourth-order valence-electron chi connectivity index (χ4n) is 4.00. The Morgan fingerprint density at radius 2 is 1.69 bits per heavy atom. The first-order chi connectivity index (χ1) is 14.1. The van der Waals surface area contributed by atoms with E-state index in [2.05, 4.69) is 29.3 Å². The van der Waals surface area contributed by atoms with E-state index in [4.69, 9.17) is 5.73 Å². The lowest BCUT2D eigenvalue weighted by Crippen LogP contribution is -2.38. The molecule has 0 aliphatic carbocycles. The molecule has 148 valence electrons. The lowest BCUT2D eigenvalue weighted by atomic mass is 10.0. The molecule has 3 aromatic rings. The molecule has 1 atom stereocenters. The largest absolute Gasteiger partial charge is 0.399 e. The minimum absolute atomic E-state index is 0.124. The first-order valence-corrected chi connectivity index (χ1v) is 10.2. The van der Waals surface area contributed by atoms with Crippen molar-refractivity contribution >= 4 is 23.0 Å². The zero-order chi connectivity index (χ0) is 20.2. The molecule has 29 heavy (non-hydrogen) atoms. The second-order valence-electron chi connectivity index (χ2n) is 7.71. The van der Waals surface area contributed by atoms with Crippen LogP contribution in [0.1, 0.15) is 36.5 Å². The summed E-state index contributed by atoms with van der Waals surface area (Å²) < 4.78 is 0. The molecule has 3 N–H and O–H groups in total. The van der Waals surface area contributed by atoms with Gasteiger partial charge in [0.25, 0.3) is 5.91 Å². The zero-order valence-electron chi connectivity index (χ0n) is 16.8. The van der Waals surface area contributed by atoms with Gasteiger partial charge in [-0.05, 0) is 67.6 Å². The summed E-state index contributed by atoms with van der Waals surface area (Å²) in [6.07, 6.45) is 3.59. The summed E-state index contributed by atoms with van der Waals surface area (Å²) in [6.45, 7) is 3.24. The molecule has 4 heteroatoms. The van der Waals surface area contributed by atoms with Crippen molar-refractivity contribution in [3.8, 4) is 11.1 Å². The molecule has 0 bridgehead atoms. The van der Waals surface area contributed by atoms with Crippen molar-refractivity contribution in [1.82, 2.24) is 0 Å². The fourth-order valence-corrected chi connectivity index (χ4v) is 4.00. The van der Waals surface area contributed by atoms with Crippen molar-refractivity contribution in [3.05, 3.63) is 78.4 Å². The van der Waals surface area contributed by atoms with E-state index in [1.54, 1.807) is 0 Å².